The molecule has 1 rings (SSSR count). The second-order valence-corrected chi connectivity index (χ2v) is 5.20. The maximum Gasteiger partial charge on any atom is 0.304 e. The molecular formula is C14H19ClN2O3. The lowest BCUT2D eigenvalue weighted by atomic mass is 10.2. The molecule has 0 bridgehead atoms. The zero-order valence-corrected chi connectivity index (χ0v) is 12.4. The van der Waals surface area contributed by atoms with Crippen LogP contribution in [0.4, 0.5) is 5.69 Å². The minimum atomic E-state index is -0.870. The molecule has 6 heteroatoms. The van der Waals surface area contributed by atoms with Crippen molar-refractivity contribution in [2.24, 2.45) is 0 Å². The summed E-state index contributed by atoms with van der Waals surface area (Å²) in [6.07, 6.45) is 0.0165. The first-order valence-corrected chi connectivity index (χ1v) is 6.77. The van der Waals surface area contributed by atoms with Crippen LogP contribution in [0.2, 0.25) is 5.02 Å². The predicted molar refractivity (Wildman–Crippen MR) is 79.0 cm³/mol. The molecule has 2 N–H and O–H groups in total. The number of amides is 1. The van der Waals surface area contributed by atoms with E-state index in [0.717, 1.165) is 0 Å². The van der Waals surface area contributed by atoms with Crippen molar-refractivity contribution in [1.82, 2.24) is 4.90 Å². The van der Waals surface area contributed by atoms with Gasteiger partial charge in [0.15, 0.2) is 0 Å². The van der Waals surface area contributed by atoms with Crippen LogP contribution in [0.1, 0.15) is 20.3 Å². The number of carboxylic acid groups (broad SMARTS) is 1. The topological polar surface area (TPSA) is 69.6 Å². The van der Waals surface area contributed by atoms with E-state index in [1.807, 2.05) is 18.7 Å². The van der Waals surface area contributed by atoms with Crippen LogP contribution in [0.5, 0.6) is 0 Å². The van der Waals surface area contributed by atoms with E-state index in [2.05, 4.69) is 5.32 Å². The normalized spacial score (nSPS) is 10.8. The van der Waals surface area contributed by atoms with Gasteiger partial charge in [-0.25, -0.2) is 0 Å². The van der Waals surface area contributed by atoms with Gasteiger partial charge in [0.25, 0.3) is 0 Å². The molecule has 20 heavy (non-hydrogen) atoms. The smallest absolute Gasteiger partial charge is 0.304 e. The van der Waals surface area contributed by atoms with E-state index in [9.17, 15) is 9.59 Å². The Kier molecular flexibility index (Phi) is 6.48. The van der Waals surface area contributed by atoms with Crippen LogP contribution >= 0.6 is 11.6 Å². The van der Waals surface area contributed by atoms with Crippen molar-refractivity contribution in [2.45, 2.75) is 26.3 Å². The molecule has 0 aliphatic heterocycles. The van der Waals surface area contributed by atoms with Gasteiger partial charge in [0.05, 0.1) is 13.0 Å². The van der Waals surface area contributed by atoms with Gasteiger partial charge in [-0.05, 0) is 32.0 Å². The SMILES string of the molecule is CC(C)N(CCC(=O)O)CC(=O)Nc1cccc(Cl)c1. The maximum atomic E-state index is 11.9. The predicted octanol–water partition coefficient (Wildman–Crippen LogP) is 2.46. The van der Waals surface area contributed by atoms with Gasteiger partial charge in [-0.2, -0.15) is 0 Å². The Morgan fingerprint density at radius 1 is 1.40 bits per heavy atom. The van der Waals surface area contributed by atoms with Gasteiger partial charge in [-0.15, -0.1) is 0 Å². The number of benzene rings is 1. The Hall–Kier alpha value is -1.59. The first-order chi connectivity index (χ1) is 9.38. The van der Waals surface area contributed by atoms with E-state index in [1.165, 1.54) is 0 Å². The third-order valence-corrected chi connectivity index (χ3v) is 3.03. The van der Waals surface area contributed by atoms with Crippen LogP contribution in [0.15, 0.2) is 24.3 Å². The summed E-state index contributed by atoms with van der Waals surface area (Å²) >= 11 is 5.84. The van der Waals surface area contributed by atoms with E-state index in [-0.39, 0.29) is 24.9 Å². The minimum absolute atomic E-state index is 0.0165. The highest BCUT2D eigenvalue weighted by Crippen LogP contribution is 2.14. The monoisotopic (exact) mass is 298 g/mol. The number of halogens is 1. The largest absolute Gasteiger partial charge is 0.481 e. The molecule has 0 unspecified atom stereocenters. The summed E-state index contributed by atoms with van der Waals surface area (Å²) in [5, 5.41) is 12.0. The number of carbonyl (C=O) groups excluding carboxylic acids is 1. The van der Waals surface area contributed by atoms with Crippen LogP contribution in [0, 0.1) is 0 Å². The number of nitrogens with one attached hydrogen (secondary N) is 1. The third-order valence-electron chi connectivity index (χ3n) is 2.80. The summed E-state index contributed by atoms with van der Waals surface area (Å²) in [7, 11) is 0. The number of carbonyl (C=O) groups is 2. The van der Waals surface area contributed by atoms with Crippen molar-refractivity contribution < 1.29 is 14.7 Å². The quantitative estimate of drug-likeness (QED) is 0.811. The number of nitrogens with zero attached hydrogens (tertiary/aromatic N) is 1. The summed E-state index contributed by atoms with van der Waals surface area (Å²) in [5.41, 5.74) is 0.629. The average molecular weight is 299 g/mol. The average Bonchev–Trinajstić information content (AvgIpc) is 2.33. The highest BCUT2D eigenvalue weighted by molar-refractivity contribution is 6.30. The first kappa shape index (κ1) is 16.5. The Balaban J connectivity index is 2.55. The van der Waals surface area contributed by atoms with Crippen molar-refractivity contribution >= 4 is 29.2 Å². The van der Waals surface area contributed by atoms with E-state index in [1.54, 1.807) is 24.3 Å². The summed E-state index contributed by atoms with van der Waals surface area (Å²) in [6, 6.07) is 6.99. The molecule has 110 valence electrons. The first-order valence-electron chi connectivity index (χ1n) is 6.39. The Labute approximate surface area is 123 Å². The standard InChI is InChI=1S/C14H19ClN2O3/c1-10(2)17(7-6-14(19)20)9-13(18)16-12-5-3-4-11(15)8-12/h3-5,8,10H,6-7,9H2,1-2H3,(H,16,18)(H,19,20). The van der Waals surface area contributed by atoms with Gasteiger partial charge < -0.3 is 10.4 Å². The van der Waals surface area contributed by atoms with Crippen molar-refractivity contribution in [3.05, 3.63) is 29.3 Å². The summed E-state index contributed by atoms with van der Waals surface area (Å²) in [4.78, 5) is 24.4. The van der Waals surface area contributed by atoms with Crippen molar-refractivity contribution in [3.8, 4) is 0 Å². The molecule has 0 saturated carbocycles. The van der Waals surface area contributed by atoms with Gasteiger partial charge in [-0.3, -0.25) is 14.5 Å². The molecule has 5 nitrogen and oxygen atoms in total. The Morgan fingerprint density at radius 2 is 2.10 bits per heavy atom. The van der Waals surface area contributed by atoms with E-state index in [0.29, 0.717) is 17.3 Å². The maximum absolute atomic E-state index is 11.9. The molecule has 1 aromatic rings. The van der Waals surface area contributed by atoms with Gasteiger partial charge in [-0.1, -0.05) is 17.7 Å². The molecule has 0 atom stereocenters. The molecule has 0 spiro atoms. The van der Waals surface area contributed by atoms with Crippen molar-refractivity contribution in [2.75, 3.05) is 18.4 Å². The summed E-state index contributed by atoms with van der Waals surface area (Å²) in [6.45, 7) is 4.34. The van der Waals surface area contributed by atoms with Crippen LogP contribution in [-0.4, -0.2) is 41.0 Å². The highest BCUT2D eigenvalue weighted by atomic mass is 35.5. The fourth-order valence-electron chi connectivity index (χ4n) is 1.71. The minimum Gasteiger partial charge on any atom is -0.481 e. The van der Waals surface area contributed by atoms with E-state index >= 15 is 0 Å². The zero-order chi connectivity index (χ0) is 15.1. The molecule has 0 aliphatic carbocycles. The van der Waals surface area contributed by atoms with Gasteiger partial charge in [0.2, 0.25) is 5.91 Å². The van der Waals surface area contributed by atoms with Crippen LogP contribution in [0.25, 0.3) is 0 Å². The molecule has 0 radical (unpaired) electrons. The second-order valence-electron chi connectivity index (χ2n) is 4.77. The van der Waals surface area contributed by atoms with Crippen molar-refractivity contribution in [1.29, 1.82) is 0 Å². The Bertz CT molecular complexity index is 477. The lowest BCUT2D eigenvalue weighted by Gasteiger charge is -2.25. The molecule has 0 fully saturated rings. The molecule has 0 heterocycles. The molecule has 1 amide bonds. The second kappa shape index (κ2) is 7.87. The lowest BCUT2D eigenvalue weighted by molar-refractivity contribution is -0.137. The third kappa shape index (κ3) is 6.04. The van der Waals surface area contributed by atoms with Gasteiger partial charge >= 0.3 is 5.97 Å². The molecular weight excluding hydrogens is 280 g/mol. The Morgan fingerprint density at radius 3 is 2.65 bits per heavy atom. The number of aliphatic carboxylic acids is 1. The summed E-state index contributed by atoms with van der Waals surface area (Å²) < 4.78 is 0. The number of carboxylic acids is 1. The number of hydrogen-bond acceptors (Lipinski definition) is 3. The molecule has 0 saturated heterocycles. The fraction of sp³-hybridized carbons (Fsp3) is 0.429. The van der Waals surface area contributed by atoms with Crippen molar-refractivity contribution in [3.63, 3.8) is 0 Å². The molecule has 0 aromatic heterocycles. The lowest BCUT2D eigenvalue weighted by Crippen LogP contribution is -2.39. The van der Waals surface area contributed by atoms with Crippen LogP contribution < -0.4 is 5.32 Å². The fourth-order valence-corrected chi connectivity index (χ4v) is 1.90. The molecule has 0 aliphatic rings. The highest BCUT2D eigenvalue weighted by Gasteiger charge is 2.15. The van der Waals surface area contributed by atoms with E-state index in [4.69, 9.17) is 16.7 Å². The van der Waals surface area contributed by atoms with Crippen LogP contribution in [-0.2, 0) is 9.59 Å². The summed E-state index contributed by atoms with van der Waals surface area (Å²) in [5.74, 6) is -1.06. The number of rotatable bonds is 7. The van der Waals surface area contributed by atoms with E-state index < -0.39 is 5.97 Å². The van der Waals surface area contributed by atoms with Gasteiger partial charge in [0.1, 0.15) is 0 Å². The zero-order valence-electron chi connectivity index (χ0n) is 11.6. The van der Waals surface area contributed by atoms with Gasteiger partial charge in [0, 0.05) is 23.3 Å². The number of anilines is 1. The number of hydrogen-bond donors (Lipinski definition) is 2. The van der Waals surface area contributed by atoms with Crippen LogP contribution in [0.3, 0.4) is 0 Å². The molecule has 1 aromatic carbocycles.